The Morgan fingerprint density at radius 1 is 1.25 bits per heavy atom. The molecule has 2 fully saturated rings. The van der Waals surface area contributed by atoms with E-state index in [1.165, 1.54) is 11.9 Å². The third-order valence-electron chi connectivity index (χ3n) is 6.18. The number of hydrogen-bond acceptors (Lipinski definition) is 6. The first-order valence-electron chi connectivity index (χ1n) is 11.1. The first-order chi connectivity index (χ1) is 15.4. The maximum absolute atomic E-state index is 15.4. The molecule has 0 spiro atoms. The molecule has 0 radical (unpaired) electrons. The topological polar surface area (TPSA) is 87.4 Å². The van der Waals surface area contributed by atoms with E-state index in [4.69, 9.17) is 5.73 Å². The van der Waals surface area contributed by atoms with Crippen molar-refractivity contribution in [3.05, 3.63) is 47.5 Å². The van der Waals surface area contributed by atoms with Crippen LogP contribution in [0.4, 0.5) is 20.4 Å². The number of benzene rings is 1. The molecule has 2 heterocycles. The normalized spacial score (nSPS) is 21.3. The number of alkyl halides is 1. The van der Waals surface area contributed by atoms with Crippen molar-refractivity contribution in [2.24, 2.45) is 11.7 Å². The van der Waals surface area contributed by atoms with Crippen LogP contribution in [0.1, 0.15) is 30.4 Å². The quantitative estimate of drug-likeness (QED) is 0.618. The van der Waals surface area contributed by atoms with E-state index in [1.54, 1.807) is 4.90 Å². The Balaban J connectivity index is 1.41. The van der Waals surface area contributed by atoms with Crippen molar-refractivity contribution >= 4 is 17.5 Å². The zero-order valence-corrected chi connectivity index (χ0v) is 18.3. The van der Waals surface area contributed by atoms with Gasteiger partial charge in [-0.05, 0) is 38.3 Å². The van der Waals surface area contributed by atoms with Gasteiger partial charge >= 0.3 is 0 Å². The van der Waals surface area contributed by atoms with E-state index in [0.29, 0.717) is 19.5 Å². The predicted octanol–water partition coefficient (Wildman–Crippen LogP) is 2.65. The zero-order valence-electron chi connectivity index (χ0n) is 18.3. The van der Waals surface area contributed by atoms with Gasteiger partial charge in [-0.25, -0.2) is 14.4 Å². The summed E-state index contributed by atoms with van der Waals surface area (Å²) in [6, 6.07) is 8.46. The average Bonchev–Trinajstić information content (AvgIpc) is 3.59. The summed E-state index contributed by atoms with van der Waals surface area (Å²) in [4.78, 5) is 23.1. The van der Waals surface area contributed by atoms with Crippen molar-refractivity contribution in [1.29, 1.82) is 0 Å². The molecule has 2 aromatic rings. The van der Waals surface area contributed by atoms with Crippen LogP contribution in [0.3, 0.4) is 0 Å². The van der Waals surface area contributed by atoms with Crippen LogP contribution in [0.5, 0.6) is 0 Å². The summed E-state index contributed by atoms with van der Waals surface area (Å²) >= 11 is 0. The fraction of sp³-hybridized carbons (Fsp3) is 0.522. The van der Waals surface area contributed by atoms with Crippen LogP contribution in [0.15, 0.2) is 30.6 Å². The van der Waals surface area contributed by atoms with Gasteiger partial charge in [-0.2, -0.15) is 4.39 Å². The monoisotopic (exact) mass is 444 g/mol. The molecule has 4 rings (SSSR count). The molecule has 0 unspecified atom stereocenters. The molecular formula is C23H30F2N6O. The second-order valence-electron chi connectivity index (χ2n) is 8.85. The van der Waals surface area contributed by atoms with Gasteiger partial charge in [0.15, 0.2) is 11.6 Å². The summed E-state index contributed by atoms with van der Waals surface area (Å²) in [7, 11) is 0. The van der Waals surface area contributed by atoms with Crippen molar-refractivity contribution < 1.29 is 13.6 Å². The van der Waals surface area contributed by atoms with Crippen LogP contribution in [-0.4, -0.2) is 59.2 Å². The molecule has 1 saturated carbocycles. The second kappa shape index (κ2) is 9.77. The Labute approximate surface area is 187 Å². The minimum Gasteiger partial charge on any atom is -0.369 e. The summed E-state index contributed by atoms with van der Waals surface area (Å²) in [5.41, 5.74) is 7.47. The standard InChI is InChI=1S/C23H30F2N6O/c1-15-2-4-16(5-3-15)11-31(18-6-7-18)23-21(25)22(28-14-29-23)27-10-17-8-9-30(12-19(17)24)13-20(26)32/h2-5,14,17-19H,6-13H2,1H3,(H2,26,32)(H,27,28,29)/t17-,19+/m1/s1. The molecule has 1 amide bonds. The average molecular weight is 445 g/mol. The number of anilines is 2. The minimum absolute atomic E-state index is 0.0580. The van der Waals surface area contributed by atoms with Gasteiger partial charge in [0.05, 0.1) is 6.54 Å². The largest absolute Gasteiger partial charge is 0.369 e. The predicted molar refractivity (Wildman–Crippen MR) is 120 cm³/mol. The van der Waals surface area contributed by atoms with Gasteiger partial charge in [-0.15, -0.1) is 0 Å². The van der Waals surface area contributed by atoms with Crippen molar-refractivity contribution in [3.63, 3.8) is 0 Å². The number of primary amides is 1. The number of nitrogens with two attached hydrogens (primary N) is 1. The molecule has 3 N–H and O–H groups in total. The van der Waals surface area contributed by atoms with E-state index in [-0.39, 0.29) is 43.2 Å². The highest BCUT2D eigenvalue weighted by Crippen LogP contribution is 2.34. The molecular weight excluding hydrogens is 414 g/mol. The van der Waals surface area contributed by atoms with Gasteiger partial charge in [0.2, 0.25) is 11.7 Å². The number of aryl methyl sites for hydroxylation is 1. The van der Waals surface area contributed by atoms with Crippen LogP contribution >= 0.6 is 0 Å². The molecule has 7 nitrogen and oxygen atoms in total. The summed E-state index contributed by atoms with van der Waals surface area (Å²) in [5.74, 6) is -0.887. The summed E-state index contributed by atoms with van der Waals surface area (Å²) < 4.78 is 29.9. The number of nitrogens with zero attached hydrogens (tertiary/aromatic N) is 4. The fourth-order valence-corrected chi connectivity index (χ4v) is 4.18. The Kier molecular flexibility index (Phi) is 6.83. The van der Waals surface area contributed by atoms with Gasteiger partial charge in [0, 0.05) is 31.6 Å². The van der Waals surface area contributed by atoms with E-state index in [1.807, 2.05) is 24.0 Å². The molecule has 0 bridgehead atoms. The first-order valence-corrected chi connectivity index (χ1v) is 11.1. The van der Waals surface area contributed by atoms with Gasteiger partial charge < -0.3 is 16.0 Å². The van der Waals surface area contributed by atoms with Crippen LogP contribution in [0, 0.1) is 18.7 Å². The van der Waals surface area contributed by atoms with Crippen molar-refractivity contribution in [3.8, 4) is 0 Å². The summed E-state index contributed by atoms with van der Waals surface area (Å²) in [5, 5.41) is 2.99. The maximum Gasteiger partial charge on any atom is 0.231 e. The number of amides is 1. The summed E-state index contributed by atoms with van der Waals surface area (Å²) in [6.45, 7) is 3.66. The lowest BCUT2D eigenvalue weighted by atomic mass is 9.95. The highest BCUT2D eigenvalue weighted by molar-refractivity contribution is 5.75. The van der Waals surface area contributed by atoms with E-state index >= 15 is 4.39 Å². The van der Waals surface area contributed by atoms with Gasteiger partial charge in [0.25, 0.3) is 0 Å². The van der Waals surface area contributed by atoms with Gasteiger partial charge in [-0.3, -0.25) is 9.69 Å². The Hall–Kier alpha value is -2.81. The zero-order chi connectivity index (χ0) is 22.7. The third kappa shape index (κ3) is 5.51. The van der Waals surface area contributed by atoms with Crippen molar-refractivity contribution in [2.75, 3.05) is 36.4 Å². The Morgan fingerprint density at radius 2 is 2.00 bits per heavy atom. The van der Waals surface area contributed by atoms with Crippen molar-refractivity contribution in [2.45, 2.75) is 44.9 Å². The lowest BCUT2D eigenvalue weighted by Gasteiger charge is -2.34. The molecule has 1 saturated heterocycles. The van der Waals surface area contributed by atoms with Crippen molar-refractivity contribution in [1.82, 2.24) is 14.9 Å². The molecule has 172 valence electrons. The number of nitrogens with one attached hydrogen (secondary N) is 1. The lowest BCUT2D eigenvalue weighted by molar-refractivity contribution is -0.119. The minimum atomic E-state index is -1.12. The van der Waals surface area contributed by atoms with E-state index < -0.39 is 17.9 Å². The number of halogens is 2. The van der Waals surface area contributed by atoms with Gasteiger partial charge in [0.1, 0.15) is 12.5 Å². The molecule has 32 heavy (non-hydrogen) atoms. The molecule has 1 aromatic heterocycles. The number of piperidine rings is 1. The summed E-state index contributed by atoms with van der Waals surface area (Å²) in [6.07, 6.45) is 2.80. The highest BCUT2D eigenvalue weighted by Gasteiger charge is 2.33. The molecule has 1 aliphatic carbocycles. The molecule has 2 atom stereocenters. The second-order valence-corrected chi connectivity index (χ2v) is 8.85. The lowest BCUT2D eigenvalue weighted by Crippen LogP contribution is -2.46. The van der Waals surface area contributed by atoms with Gasteiger partial charge in [-0.1, -0.05) is 29.8 Å². The number of aromatic nitrogens is 2. The van der Waals surface area contributed by atoms with E-state index in [2.05, 4.69) is 27.4 Å². The smallest absolute Gasteiger partial charge is 0.231 e. The van der Waals surface area contributed by atoms with Crippen LogP contribution < -0.4 is 16.0 Å². The number of likely N-dealkylation sites (tertiary alicyclic amines) is 1. The number of carbonyl (C=O) groups excluding carboxylic acids is 1. The SMILES string of the molecule is Cc1ccc(CN(c2ncnc(NC[C@H]3CCN(CC(N)=O)C[C@@H]3F)c2F)C2CC2)cc1. The van der Waals surface area contributed by atoms with Crippen LogP contribution in [0.25, 0.3) is 0 Å². The fourth-order valence-electron chi connectivity index (χ4n) is 4.18. The highest BCUT2D eigenvalue weighted by atomic mass is 19.1. The van der Waals surface area contributed by atoms with Crippen LogP contribution in [-0.2, 0) is 11.3 Å². The number of hydrogen-bond donors (Lipinski definition) is 2. The Morgan fingerprint density at radius 3 is 2.66 bits per heavy atom. The number of carbonyl (C=O) groups is 1. The first kappa shape index (κ1) is 22.4. The number of rotatable bonds is 9. The molecule has 1 aliphatic heterocycles. The van der Waals surface area contributed by atoms with Crippen LogP contribution in [0.2, 0.25) is 0 Å². The molecule has 9 heteroatoms. The Bertz CT molecular complexity index is 937. The third-order valence-corrected chi connectivity index (χ3v) is 6.18. The van der Waals surface area contributed by atoms with E-state index in [9.17, 15) is 9.18 Å². The van der Waals surface area contributed by atoms with E-state index in [0.717, 1.165) is 18.4 Å². The molecule has 2 aliphatic rings. The maximum atomic E-state index is 15.4. The molecule has 1 aromatic carbocycles.